The van der Waals surface area contributed by atoms with Crippen LogP contribution in [0.25, 0.3) is 11.0 Å². The van der Waals surface area contributed by atoms with Crippen molar-refractivity contribution in [2.24, 2.45) is 0 Å². The lowest BCUT2D eigenvalue weighted by molar-refractivity contribution is 0.102. The van der Waals surface area contributed by atoms with E-state index in [2.05, 4.69) is 31.7 Å². The molecule has 1 amide bonds. The SMILES string of the molecule is CC(C)n1ncc2cc(C(=O)Nc3nnc(SCc4ccc(C#N)cc4)s3)cnc21. The fraction of sp³-hybridized carbons (Fsp3) is 0.200. The number of hydrogen-bond acceptors (Lipinski definition) is 8. The van der Waals surface area contributed by atoms with Gasteiger partial charge in [0.1, 0.15) is 0 Å². The van der Waals surface area contributed by atoms with Crippen molar-refractivity contribution in [2.45, 2.75) is 30.0 Å². The van der Waals surface area contributed by atoms with Crippen molar-refractivity contribution in [2.75, 3.05) is 5.32 Å². The molecule has 0 aliphatic carbocycles. The Hall–Kier alpha value is -3.29. The van der Waals surface area contributed by atoms with Gasteiger partial charge in [0.2, 0.25) is 5.13 Å². The monoisotopic (exact) mass is 435 g/mol. The number of carbonyl (C=O) groups is 1. The number of benzene rings is 1. The fourth-order valence-electron chi connectivity index (χ4n) is 2.75. The Balaban J connectivity index is 1.39. The second-order valence-electron chi connectivity index (χ2n) is 6.74. The summed E-state index contributed by atoms with van der Waals surface area (Å²) in [4.78, 5) is 17.0. The zero-order valence-electron chi connectivity index (χ0n) is 16.2. The largest absolute Gasteiger partial charge is 0.296 e. The van der Waals surface area contributed by atoms with Crippen molar-refractivity contribution >= 4 is 45.2 Å². The van der Waals surface area contributed by atoms with Crippen molar-refractivity contribution < 1.29 is 4.79 Å². The molecule has 150 valence electrons. The van der Waals surface area contributed by atoms with E-state index in [0.717, 1.165) is 20.9 Å². The van der Waals surface area contributed by atoms with Crippen molar-refractivity contribution in [1.82, 2.24) is 25.0 Å². The van der Waals surface area contributed by atoms with Crippen LogP contribution in [0.3, 0.4) is 0 Å². The van der Waals surface area contributed by atoms with E-state index in [-0.39, 0.29) is 11.9 Å². The first-order chi connectivity index (χ1) is 14.5. The number of hydrogen-bond donors (Lipinski definition) is 1. The van der Waals surface area contributed by atoms with E-state index < -0.39 is 0 Å². The quantitative estimate of drug-likeness (QED) is 0.355. The first-order valence-electron chi connectivity index (χ1n) is 9.13. The molecule has 0 radical (unpaired) electrons. The molecule has 3 heterocycles. The molecule has 0 spiro atoms. The Labute approximate surface area is 181 Å². The van der Waals surface area contributed by atoms with Gasteiger partial charge < -0.3 is 0 Å². The second kappa shape index (κ2) is 8.61. The standard InChI is InChI=1S/C20H17N7OS2/c1-12(2)27-17-15(10-23-27)7-16(9-22-17)18(28)24-19-25-26-20(30-19)29-11-14-5-3-13(8-21)4-6-14/h3-7,9-10,12H,11H2,1-2H3,(H,24,25,28). The lowest BCUT2D eigenvalue weighted by atomic mass is 10.2. The minimum absolute atomic E-state index is 0.191. The van der Waals surface area contributed by atoms with Crippen molar-refractivity contribution in [3.8, 4) is 6.07 Å². The van der Waals surface area contributed by atoms with Crippen LogP contribution in [0, 0.1) is 11.3 Å². The summed E-state index contributed by atoms with van der Waals surface area (Å²) in [6, 6.07) is 11.5. The van der Waals surface area contributed by atoms with Crippen molar-refractivity contribution in [3.05, 3.63) is 59.4 Å². The topological polar surface area (TPSA) is 109 Å². The normalized spacial score (nSPS) is 11.0. The molecule has 1 aromatic carbocycles. The van der Waals surface area contributed by atoms with Crippen LogP contribution >= 0.6 is 23.1 Å². The molecule has 0 unspecified atom stereocenters. The molecule has 0 fully saturated rings. The van der Waals surface area contributed by atoms with Crippen LogP contribution in [-0.4, -0.2) is 30.9 Å². The smallest absolute Gasteiger partial charge is 0.259 e. The molecule has 0 aliphatic rings. The Morgan fingerprint density at radius 1 is 1.27 bits per heavy atom. The number of rotatable bonds is 6. The van der Waals surface area contributed by atoms with Gasteiger partial charge in [0.25, 0.3) is 5.91 Å². The van der Waals surface area contributed by atoms with Gasteiger partial charge in [-0.15, -0.1) is 10.2 Å². The molecule has 10 heteroatoms. The number of aromatic nitrogens is 5. The molecule has 0 saturated carbocycles. The fourth-order valence-corrected chi connectivity index (χ4v) is 4.45. The number of nitriles is 1. The summed E-state index contributed by atoms with van der Waals surface area (Å²) in [6.07, 6.45) is 3.25. The van der Waals surface area contributed by atoms with Crippen LogP contribution < -0.4 is 5.32 Å². The third-order valence-corrected chi connectivity index (χ3v) is 6.30. The summed E-state index contributed by atoms with van der Waals surface area (Å²) in [5, 5.41) is 25.4. The van der Waals surface area contributed by atoms with Crippen LogP contribution in [-0.2, 0) is 5.75 Å². The van der Waals surface area contributed by atoms with Crippen molar-refractivity contribution in [3.63, 3.8) is 0 Å². The minimum atomic E-state index is -0.290. The molecule has 4 aromatic rings. The molecule has 30 heavy (non-hydrogen) atoms. The third-order valence-electron chi connectivity index (χ3n) is 4.26. The van der Waals surface area contributed by atoms with Gasteiger partial charge in [0, 0.05) is 23.4 Å². The van der Waals surface area contributed by atoms with Gasteiger partial charge in [-0.25, -0.2) is 9.67 Å². The van der Waals surface area contributed by atoms with Gasteiger partial charge in [-0.1, -0.05) is 35.2 Å². The molecule has 0 atom stereocenters. The maximum absolute atomic E-state index is 12.6. The average Bonchev–Trinajstić information content (AvgIpc) is 3.38. The lowest BCUT2D eigenvalue weighted by Gasteiger charge is -2.06. The summed E-state index contributed by atoms with van der Waals surface area (Å²) in [7, 11) is 0. The number of amides is 1. The number of thioether (sulfide) groups is 1. The van der Waals surface area contributed by atoms with Gasteiger partial charge in [-0.3, -0.25) is 10.1 Å². The predicted molar refractivity (Wildman–Crippen MR) is 116 cm³/mol. The first kappa shape index (κ1) is 20.0. The molecule has 4 rings (SSSR count). The summed E-state index contributed by atoms with van der Waals surface area (Å²) < 4.78 is 2.57. The first-order valence-corrected chi connectivity index (χ1v) is 10.9. The Kier molecular flexibility index (Phi) is 5.74. The van der Waals surface area contributed by atoms with E-state index in [0.29, 0.717) is 22.0 Å². The van der Waals surface area contributed by atoms with Crippen LogP contribution in [0.5, 0.6) is 0 Å². The number of nitrogens with zero attached hydrogens (tertiary/aromatic N) is 6. The maximum atomic E-state index is 12.6. The van der Waals surface area contributed by atoms with Crippen LogP contribution in [0.1, 0.15) is 41.4 Å². The maximum Gasteiger partial charge on any atom is 0.259 e. The highest BCUT2D eigenvalue weighted by atomic mass is 32.2. The highest BCUT2D eigenvalue weighted by molar-refractivity contribution is 8.00. The molecule has 0 saturated heterocycles. The molecule has 0 aliphatic heterocycles. The zero-order valence-corrected chi connectivity index (χ0v) is 17.9. The second-order valence-corrected chi connectivity index (χ2v) is 8.94. The van der Waals surface area contributed by atoms with E-state index >= 15 is 0 Å². The number of anilines is 1. The van der Waals surface area contributed by atoms with Crippen molar-refractivity contribution in [1.29, 1.82) is 5.26 Å². The Morgan fingerprint density at radius 2 is 2.07 bits per heavy atom. The minimum Gasteiger partial charge on any atom is -0.296 e. The molecular weight excluding hydrogens is 418 g/mol. The number of fused-ring (bicyclic) bond motifs is 1. The molecule has 0 bridgehead atoms. The van der Waals surface area contributed by atoms with E-state index in [1.165, 1.54) is 23.1 Å². The average molecular weight is 436 g/mol. The lowest BCUT2D eigenvalue weighted by Crippen LogP contribution is -2.12. The Bertz CT molecular complexity index is 1240. The third kappa shape index (κ3) is 4.32. The molecular formula is C20H17N7OS2. The van der Waals surface area contributed by atoms with E-state index in [1.807, 2.05) is 30.7 Å². The van der Waals surface area contributed by atoms with Crippen LogP contribution in [0.2, 0.25) is 0 Å². The highest BCUT2D eigenvalue weighted by Gasteiger charge is 2.14. The van der Waals surface area contributed by atoms with Gasteiger partial charge >= 0.3 is 0 Å². The highest BCUT2D eigenvalue weighted by Crippen LogP contribution is 2.28. The Morgan fingerprint density at radius 3 is 2.80 bits per heavy atom. The summed E-state index contributed by atoms with van der Waals surface area (Å²) in [5.41, 5.74) is 2.90. The van der Waals surface area contributed by atoms with Gasteiger partial charge in [0.05, 0.1) is 23.4 Å². The van der Waals surface area contributed by atoms with Crippen LogP contribution in [0.15, 0.2) is 47.1 Å². The number of carbonyl (C=O) groups excluding carboxylic acids is 1. The van der Waals surface area contributed by atoms with Gasteiger partial charge in [0.15, 0.2) is 9.99 Å². The van der Waals surface area contributed by atoms with E-state index in [9.17, 15) is 4.79 Å². The summed E-state index contributed by atoms with van der Waals surface area (Å²) in [6.45, 7) is 4.06. The predicted octanol–water partition coefficient (Wildman–Crippen LogP) is 4.28. The summed E-state index contributed by atoms with van der Waals surface area (Å²) >= 11 is 2.84. The molecule has 3 aromatic heterocycles. The molecule has 8 nitrogen and oxygen atoms in total. The van der Waals surface area contributed by atoms with E-state index in [4.69, 9.17) is 5.26 Å². The summed E-state index contributed by atoms with van der Waals surface area (Å²) in [5.74, 6) is 0.413. The molecule has 1 N–H and O–H groups in total. The number of pyridine rings is 1. The van der Waals surface area contributed by atoms with Crippen LogP contribution in [0.4, 0.5) is 5.13 Å². The van der Waals surface area contributed by atoms with Gasteiger partial charge in [-0.05, 0) is 37.6 Å². The zero-order chi connectivity index (χ0) is 21.1. The van der Waals surface area contributed by atoms with E-state index in [1.54, 1.807) is 30.6 Å². The number of nitrogens with one attached hydrogen (secondary N) is 1. The van der Waals surface area contributed by atoms with Gasteiger partial charge in [-0.2, -0.15) is 10.4 Å².